The summed E-state index contributed by atoms with van der Waals surface area (Å²) in [6, 6.07) is 12.5. The number of nitrogens with zero attached hydrogens (tertiary/aromatic N) is 1. The molecule has 0 saturated carbocycles. The van der Waals surface area contributed by atoms with E-state index in [1.54, 1.807) is 37.3 Å². The third kappa shape index (κ3) is 4.65. The van der Waals surface area contributed by atoms with Crippen LogP contribution in [0.15, 0.2) is 52.9 Å². The number of amides is 1. The second-order valence-electron chi connectivity index (χ2n) is 5.91. The maximum atomic E-state index is 13.3. The van der Waals surface area contributed by atoms with Gasteiger partial charge in [0, 0.05) is 23.5 Å². The first kappa shape index (κ1) is 18.9. The molecular formula is C20H17ClFNO4. The predicted octanol–water partition coefficient (Wildman–Crippen LogP) is 4.43. The van der Waals surface area contributed by atoms with Crippen LogP contribution in [-0.2, 0) is 16.1 Å². The average Bonchev–Trinajstić information content (AvgIpc) is 3.07. The van der Waals surface area contributed by atoms with Gasteiger partial charge < -0.3 is 14.1 Å². The summed E-state index contributed by atoms with van der Waals surface area (Å²) >= 11 is 5.91. The Morgan fingerprint density at radius 3 is 2.74 bits per heavy atom. The average molecular weight is 390 g/mol. The molecule has 5 nitrogen and oxygen atoms in total. The summed E-state index contributed by atoms with van der Waals surface area (Å²) < 4.78 is 23.8. The van der Waals surface area contributed by atoms with Crippen molar-refractivity contribution < 1.29 is 23.1 Å². The maximum absolute atomic E-state index is 13.3. The molecule has 0 atom stereocenters. The number of fused-ring (bicyclic) bond motifs is 1. The molecule has 0 aliphatic rings. The molecule has 2 aromatic carbocycles. The summed E-state index contributed by atoms with van der Waals surface area (Å²) in [5.74, 6) is -1.49. The van der Waals surface area contributed by atoms with Crippen molar-refractivity contribution in [2.45, 2.75) is 13.5 Å². The molecule has 27 heavy (non-hydrogen) atoms. The standard InChI is InChI=1S/C20H17ClFNO4/c1-2-23(11-13-4-3-5-16(22)8-13)19(24)12-26-20(25)18-10-14-9-15(21)6-7-17(14)27-18/h3-10H,2,11-12H2,1H3. The van der Waals surface area contributed by atoms with Gasteiger partial charge in [-0.15, -0.1) is 0 Å². The number of benzene rings is 2. The van der Waals surface area contributed by atoms with E-state index >= 15 is 0 Å². The molecule has 140 valence electrons. The van der Waals surface area contributed by atoms with E-state index in [0.717, 1.165) is 0 Å². The molecule has 1 aromatic heterocycles. The normalized spacial score (nSPS) is 10.8. The van der Waals surface area contributed by atoms with E-state index in [0.29, 0.717) is 28.1 Å². The number of ether oxygens (including phenoxy) is 1. The number of carbonyl (C=O) groups is 2. The van der Waals surface area contributed by atoms with Gasteiger partial charge in [0.2, 0.25) is 5.76 Å². The molecule has 0 aliphatic carbocycles. The minimum atomic E-state index is -0.738. The minimum absolute atomic E-state index is 0.00625. The zero-order valence-electron chi connectivity index (χ0n) is 14.6. The number of halogens is 2. The van der Waals surface area contributed by atoms with Crippen LogP contribution in [0.3, 0.4) is 0 Å². The van der Waals surface area contributed by atoms with Gasteiger partial charge in [-0.3, -0.25) is 4.79 Å². The Morgan fingerprint density at radius 1 is 1.19 bits per heavy atom. The van der Waals surface area contributed by atoms with Crippen molar-refractivity contribution in [2.75, 3.05) is 13.2 Å². The first-order valence-electron chi connectivity index (χ1n) is 8.34. The van der Waals surface area contributed by atoms with Gasteiger partial charge in [-0.25, -0.2) is 9.18 Å². The van der Waals surface area contributed by atoms with Crippen LogP contribution in [0.1, 0.15) is 23.0 Å². The van der Waals surface area contributed by atoms with Gasteiger partial charge in [-0.2, -0.15) is 0 Å². The molecular weight excluding hydrogens is 373 g/mol. The molecule has 0 bridgehead atoms. The third-order valence-corrected chi connectivity index (χ3v) is 4.24. The predicted molar refractivity (Wildman–Crippen MR) is 99.0 cm³/mol. The van der Waals surface area contributed by atoms with E-state index < -0.39 is 12.6 Å². The highest BCUT2D eigenvalue weighted by atomic mass is 35.5. The van der Waals surface area contributed by atoms with Crippen LogP contribution in [0.2, 0.25) is 5.02 Å². The summed E-state index contributed by atoms with van der Waals surface area (Å²) in [6.07, 6.45) is 0. The van der Waals surface area contributed by atoms with Gasteiger partial charge in [-0.05, 0) is 48.9 Å². The van der Waals surface area contributed by atoms with Crippen LogP contribution in [0.25, 0.3) is 11.0 Å². The second-order valence-corrected chi connectivity index (χ2v) is 6.34. The summed E-state index contributed by atoms with van der Waals surface area (Å²) in [4.78, 5) is 25.9. The third-order valence-electron chi connectivity index (χ3n) is 4.00. The van der Waals surface area contributed by atoms with Crippen molar-refractivity contribution in [3.8, 4) is 0 Å². The van der Waals surface area contributed by atoms with E-state index in [1.165, 1.54) is 23.1 Å². The van der Waals surface area contributed by atoms with Crippen molar-refractivity contribution in [3.05, 3.63) is 70.7 Å². The lowest BCUT2D eigenvalue weighted by molar-refractivity contribution is -0.135. The Labute approximate surface area is 160 Å². The van der Waals surface area contributed by atoms with E-state index in [4.69, 9.17) is 20.8 Å². The Morgan fingerprint density at radius 2 is 2.00 bits per heavy atom. The smallest absolute Gasteiger partial charge is 0.374 e. The van der Waals surface area contributed by atoms with Gasteiger partial charge in [0.1, 0.15) is 11.4 Å². The zero-order chi connectivity index (χ0) is 19.4. The highest BCUT2D eigenvalue weighted by molar-refractivity contribution is 6.31. The van der Waals surface area contributed by atoms with Crippen molar-refractivity contribution in [2.24, 2.45) is 0 Å². The Hall–Kier alpha value is -2.86. The number of hydrogen-bond acceptors (Lipinski definition) is 4. The molecule has 3 rings (SSSR count). The van der Waals surface area contributed by atoms with Gasteiger partial charge in [0.25, 0.3) is 5.91 Å². The van der Waals surface area contributed by atoms with Crippen LogP contribution in [0.5, 0.6) is 0 Å². The van der Waals surface area contributed by atoms with Gasteiger partial charge in [0.15, 0.2) is 6.61 Å². The lowest BCUT2D eigenvalue weighted by Gasteiger charge is -2.20. The monoisotopic (exact) mass is 389 g/mol. The van der Waals surface area contributed by atoms with E-state index in [9.17, 15) is 14.0 Å². The van der Waals surface area contributed by atoms with Crippen LogP contribution >= 0.6 is 11.6 Å². The van der Waals surface area contributed by atoms with Crippen molar-refractivity contribution in [1.82, 2.24) is 4.90 Å². The molecule has 0 aliphatic heterocycles. The van der Waals surface area contributed by atoms with E-state index in [1.807, 2.05) is 0 Å². The Bertz CT molecular complexity index is 985. The topological polar surface area (TPSA) is 59.8 Å². The molecule has 1 heterocycles. The van der Waals surface area contributed by atoms with Gasteiger partial charge >= 0.3 is 5.97 Å². The fourth-order valence-corrected chi connectivity index (χ4v) is 2.82. The molecule has 0 radical (unpaired) electrons. The number of likely N-dealkylation sites (N-methyl/N-ethyl adjacent to an activating group) is 1. The number of rotatable bonds is 6. The van der Waals surface area contributed by atoms with Crippen molar-refractivity contribution >= 4 is 34.4 Å². The van der Waals surface area contributed by atoms with Crippen LogP contribution in [-0.4, -0.2) is 29.9 Å². The number of carbonyl (C=O) groups excluding carboxylic acids is 2. The van der Waals surface area contributed by atoms with Crippen molar-refractivity contribution in [1.29, 1.82) is 0 Å². The highest BCUT2D eigenvalue weighted by Crippen LogP contribution is 2.23. The second kappa shape index (κ2) is 8.22. The maximum Gasteiger partial charge on any atom is 0.374 e. The lowest BCUT2D eigenvalue weighted by Crippen LogP contribution is -2.34. The van der Waals surface area contributed by atoms with Crippen LogP contribution in [0, 0.1) is 5.82 Å². The molecule has 0 N–H and O–H groups in total. The first-order valence-corrected chi connectivity index (χ1v) is 8.72. The molecule has 1 amide bonds. The first-order chi connectivity index (χ1) is 13.0. The van der Waals surface area contributed by atoms with Gasteiger partial charge in [0.05, 0.1) is 0 Å². The van der Waals surface area contributed by atoms with E-state index in [-0.39, 0.29) is 24.0 Å². The molecule has 7 heteroatoms. The number of furan rings is 1. The molecule has 0 fully saturated rings. The fourth-order valence-electron chi connectivity index (χ4n) is 2.64. The molecule has 0 saturated heterocycles. The highest BCUT2D eigenvalue weighted by Gasteiger charge is 2.18. The SMILES string of the molecule is CCN(Cc1cccc(F)c1)C(=O)COC(=O)c1cc2cc(Cl)ccc2o1. The summed E-state index contributed by atoms with van der Waals surface area (Å²) in [7, 11) is 0. The zero-order valence-corrected chi connectivity index (χ0v) is 15.3. The van der Waals surface area contributed by atoms with Crippen LogP contribution in [0.4, 0.5) is 4.39 Å². The quantitative estimate of drug-likeness (QED) is 0.585. The number of hydrogen-bond donors (Lipinski definition) is 0. The largest absolute Gasteiger partial charge is 0.450 e. The lowest BCUT2D eigenvalue weighted by atomic mass is 10.2. The van der Waals surface area contributed by atoms with E-state index in [2.05, 4.69) is 0 Å². The summed E-state index contributed by atoms with van der Waals surface area (Å²) in [5.41, 5.74) is 1.16. The fraction of sp³-hybridized carbons (Fsp3) is 0.200. The van der Waals surface area contributed by atoms with Crippen molar-refractivity contribution in [3.63, 3.8) is 0 Å². The summed E-state index contributed by atoms with van der Waals surface area (Å²) in [6.45, 7) is 1.99. The Balaban J connectivity index is 1.61. The number of esters is 1. The molecule has 0 unspecified atom stereocenters. The molecule has 0 spiro atoms. The van der Waals surface area contributed by atoms with Crippen LogP contribution < -0.4 is 0 Å². The Kier molecular flexibility index (Phi) is 5.76. The van der Waals surface area contributed by atoms with Gasteiger partial charge in [-0.1, -0.05) is 23.7 Å². The summed E-state index contributed by atoms with van der Waals surface area (Å²) in [5, 5.41) is 1.19. The molecule has 3 aromatic rings. The minimum Gasteiger partial charge on any atom is -0.450 e.